The summed E-state index contributed by atoms with van der Waals surface area (Å²) in [5, 5.41) is 3.34. The summed E-state index contributed by atoms with van der Waals surface area (Å²) in [6.07, 6.45) is 2.83. The highest BCUT2D eigenvalue weighted by molar-refractivity contribution is 5.20. The van der Waals surface area contributed by atoms with Crippen LogP contribution >= 0.6 is 0 Å². The molecule has 0 bridgehead atoms. The van der Waals surface area contributed by atoms with E-state index < -0.39 is 0 Å². The number of hydrogen-bond donors (Lipinski definition) is 1. The lowest BCUT2D eigenvalue weighted by molar-refractivity contribution is 0.418. The Kier molecular flexibility index (Phi) is 3.54. The molecule has 0 aliphatic rings. The van der Waals surface area contributed by atoms with E-state index in [4.69, 9.17) is 4.42 Å². The molecule has 0 spiro atoms. The van der Waals surface area contributed by atoms with Crippen LogP contribution in [0.3, 0.4) is 0 Å². The molecule has 2 rings (SSSR count). The molecule has 0 aliphatic carbocycles. The fourth-order valence-electron chi connectivity index (χ4n) is 1.66. The van der Waals surface area contributed by atoms with E-state index in [1.54, 1.807) is 12.3 Å². The van der Waals surface area contributed by atoms with Gasteiger partial charge in [-0.15, -0.1) is 0 Å². The van der Waals surface area contributed by atoms with Crippen LogP contribution in [-0.2, 0) is 0 Å². The second kappa shape index (κ2) is 5.10. The molecule has 0 amide bonds. The first-order valence-electron chi connectivity index (χ1n) is 5.57. The van der Waals surface area contributed by atoms with Gasteiger partial charge in [0.2, 0.25) is 0 Å². The van der Waals surface area contributed by atoms with E-state index in [9.17, 15) is 4.39 Å². The van der Waals surface area contributed by atoms with Crippen LogP contribution < -0.4 is 5.32 Å². The normalized spacial score (nSPS) is 12.9. The summed E-state index contributed by atoms with van der Waals surface area (Å²) in [5.74, 6) is 0.439. The molecule has 90 valence electrons. The van der Waals surface area contributed by atoms with Crippen LogP contribution in [0.1, 0.15) is 31.3 Å². The predicted octanol–water partition coefficient (Wildman–Crippen LogP) is 2.90. The molecule has 0 saturated carbocycles. The fraction of sp³-hybridized carbons (Fsp3) is 0.308. The highest BCUT2D eigenvalue weighted by Crippen LogP contribution is 2.21. The first-order chi connectivity index (χ1) is 8.16. The van der Waals surface area contributed by atoms with E-state index >= 15 is 0 Å². The van der Waals surface area contributed by atoms with Gasteiger partial charge in [-0.1, -0.05) is 0 Å². The van der Waals surface area contributed by atoms with Crippen molar-refractivity contribution >= 4 is 0 Å². The third-order valence-electron chi connectivity index (χ3n) is 2.37. The second-order valence-corrected chi connectivity index (χ2v) is 4.17. The number of rotatable bonds is 4. The molecule has 4 heteroatoms. The lowest BCUT2D eigenvalue weighted by Crippen LogP contribution is -2.29. The van der Waals surface area contributed by atoms with Crippen molar-refractivity contribution in [2.45, 2.75) is 25.9 Å². The van der Waals surface area contributed by atoms with E-state index in [0.717, 1.165) is 11.5 Å². The molecule has 0 radical (unpaired) electrons. The predicted molar refractivity (Wildman–Crippen MR) is 63.0 cm³/mol. The number of aromatic nitrogens is 1. The van der Waals surface area contributed by atoms with E-state index in [1.807, 2.05) is 26.0 Å². The van der Waals surface area contributed by atoms with Crippen molar-refractivity contribution in [3.8, 4) is 0 Å². The van der Waals surface area contributed by atoms with Crippen LogP contribution in [0, 0.1) is 5.82 Å². The fourth-order valence-corrected chi connectivity index (χ4v) is 1.66. The molecule has 0 fully saturated rings. The first-order valence-corrected chi connectivity index (χ1v) is 5.57. The number of pyridine rings is 1. The molecular formula is C13H15FN2O. The van der Waals surface area contributed by atoms with Gasteiger partial charge in [0.25, 0.3) is 0 Å². The minimum atomic E-state index is -0.337. The minimum Gasteiger partial charge on any atom is -0.467 e. The van der Waals surface area contributed by atoms with Crippen LogP contribution in [0.5, 0.6) is 0 Å². The topological polar surface area (TPSA) is 38.1 Å². The van der Waals surface area contributed by atoms with Crippen LogP contribution in [-0.4, -0.2) is 11.0 Å². The van der Waals surface area contributed by atoms with Gasteiger partial charge in [0.1, 0.15) is 17.6 Å². The molecule has 1 atom stereocenters. The van der Waals surface area contributed by atoms with Crippen LogP contribution in [0.15, 0.2) is 41.1 Å². The maximum Gasteiger partial charge on any atom is 0.141 e. The van der Waals surface area contributed by atoms with Gasteiger partial charge in [0.15, 0.2) is 0 Å². The Hall–Kier alpha value is -1.68. The minimum absolute atomic E-state index is 0.148. The molecule has 1 unspecified atom stereocenters. The van der Waals surface area contributed by atoms with Gasteiger partial charge >= 0.3 is 0 Å². The number of furan rings is 1. The number of nitrogens with one attached hydrogen (secondary N) is 1. The Labute approximate surface area is 99.7 Å². The summed E-state index contributed by atoms with van der Waals surface area (Å²) in [5.41, 5.74) is 0.745. The Balaban J connectivity index is 2.30. The second-order valence-electron chi connectivity index (χ2n) is 4.17. The third-order valence-corrected chi connectivity index (χ3v) is 2.37. The SMILES string of the molecule is CC(C)NC(c1ccc(F)cn1)c1ccco1. The van der Waals surface area contributed by atoms with Gasteiger partial charge in [0, 0.05) is 6.04 Å². The maximum absolute atomic E-state index is 12.8. The van der Waals surface area contributed by atoms with E-state index in [0.29, 0.717) is 0 Å². The van der Waals surface area contributed by atoms with Crippen molar-refractivity contribution < 1.29 is 8.81 Å². The number of hydrogen-bond acceptors (Lipinski definition) is 3. The van der Waals surface area contributed by atoms with E-state index in [-0.39, 0.29) is 17.9 Å². The summed E-state index contributed by atoms with van der Waals surface area (Å²) >= 11 is 0. The molecular weight excluding hydrogens is 219 g/mol. The van der Waals surface area contributed by atoms with Crippen molar-refractivity contribution in [2.75, 3.05) is 0 Å². The van der Waals surface area contributed by atoms with Crippen LogP contribution in [0.25, 0.3) is 0 Å². The Morgan fingerprint density at radius 3 is 2.65 bits per heavy atom. The molecule has 17 heavy (non-hydrogen) atoms. The van der Waals surface area contributed by atoms with Crippen LogP contribution in [0.2, 0.25) is 0 Å². The zero-order valence-corrected chi connectivity index (χ0v) is 9.85. The molecule has 2 aromatic heterocycles. The zero-order chi connectivity index (χ0) is 12.3. The van der Waals surface area contributed by atoms with Crippen molar-refractivity contribution in [3.63, 3.8) is 0 Å². The summed E-state index contributed by atoms with van der Waals surface area (Å²) < 4.78 is 18.2. The average molecular weight is 234 g/mol. The maximum atomic E-state index is 12.8. The molecule has 0 aliphatic heterocycles. The first kappa shape index (κ1) is 11.8. The zero-order valence-electron chi connectivity index (χ0n) is 9.85. The lowest BCUT2D eigenvalue weighted by Gasteiger charge is -2.18. The lowest BCUT2D eigenvalue weighted by atomic mass is 10.1. The highest BCUT2D eigenvalue weighted by Gasteiger charge is 2.18. The monoisotopic (exact) mass is 234 g/mol. The summed E-state index contributed by atoms with van der Waals surface area (Å²) in [7, 11) is 0. The largest absolute Gasteiger partial charge is 0.467 e. The molecule has 3 nitrogen and oxygen atoms in total. The van der Waals surface area contributed by atoms with Crippen molar-refractivity contribution in [3.05, 3.63) is 54.0 Å². The smallest absolute Gasteiger partial charge is 0.141 e. The standard InChI is InChI=1S/C13H15FN2O/c1-9(2)16-13(12-4-3-7-17-12)11-6-5-10(14)8-15-11/h3-9,13,16H,1-2H3. The Morgan fingerprint density at radius 1 is 1.29 bits per heavy atom. The van der Waals surface area contributed by atoms with E-state index in [1.165, 1.54) is 12.3 Å². The van der Waals surface area contributed by atoms with Gasteiger partial charge < -0.3 is 9.73 Å². The van der Waals surface area contributed by atoms with Gasteiger partial charge in [-0.05, 0) is 38.1 Å². The average Bonchev–Trinajstić information content (AvgIpc) is 2.80. The Bertz CT molecular complexity index is 451. The number of halogens is 1. The molecule has 0 aromatic carbocycles. The number of nitrogens with zero attached hydrogens (tertiary/aromatic N) is 1. The van der Waals surface area contributed by atoms with Crippen molar-refractivity contribution in [2.24, 2.45) is 0 Å². The van der Waals surface area contributed by atoms with Gasteiger partial charge in [-0.3, -0.25) is 4.98 Å². The van der Waals surface area contributed by atoms with Crippen molar-refractivity contribution in [1.29, 1.82) is 0 Å². The summed E-state index contributed by atoms with van der Waals surface area (Å²) in [4.78, 5) is 4.09. The molecule has 2 heterocycles. The summed E-state index contributed by atoms with van der Waals surface area (Å²) in [6, 6.07) is 6.90. The highest BCUT2D eigenvalue weighted by atomic mass is 19.1. The summed E-state index contributed by atoms with van der Waals surface area (Å²) in [6.45, 7) is 4.08. The molecule has 0 saturated heterocycles. The van der Waals surface area contributed by atoms with Gasteiger partial charge in [-0.25, -0.2) is 4.39 Å². The molecule has 2 aromatic rings. The third kappa shape index (κ3) is 2.91. The van der Waals surface area contributed by atoms with Gasteiger partial charge in [-0.2, -0.15) is 0 Å². The van der Waals surface area contributed by atoms with E-state index in [2.05, 4.69) is 10.3 Å². The van der Waals surface area contributed by atoms with Crippen LogP contribution in [0.4, 0.5) is 4.39 Å². The quantitative estimate of drug-likeness (QED) is 0.884. The van der Waals surface area contributed by atoms with Gasteiger partial charge in [0.05, 0.1) is 18.2 Å². The Morgan fingerprint density at radius 2 is 2.12 bits per heavy atom. The molecule has 1 N–H and O–H groups in total. The van der Waals surface area contributed by atoms with Crippen molar-refractivity contribution in [1.82, 2.24) is 10.3 Å².